The third kappa shape index (κ3) is 2.78. The maximum Gasteiger partial charge on any atom is 0.161 e. The van der Waals surface area contributed by atoms with E-state index in [2.05, 4.69) is 19.1 Å². The molecule has 110 valence electrons. The maximum atomic E-state index is 6.72. The Balaban J connectivity index is 1.87. The first-order chi connectivity index (χ1) is 9.67. The van der Waals surface area contributed by atoms with Crippen molar-refractivity contribution in [1.82, 2.24) is 0 Å². The highest BCUT2D eigenvalue weighted by atomic mass is 16.5. The van der Waals surface area contributed by atoms with Gasteiger partial charge in [0.05, 0.1) is 13.2 Å². The lowest BCUT2D eigenvalue weighted by Gasteiger charge is -2.29. The lowest BCUT2D eigenvalue weighted by atomic mass is 9.83. The molecule has 1 aliphatic carbocycles. The molecule has 2 atom stereocenters. The first-order valence-electron chi connectivity index (χ1n) is 7.86. The molecule has 3 heteroatoms. The molecule has 2 aliphatic rings. The van der Waals surface area contributed by atoms with E-state index >= 15 is 0 Å². The van der Waals surface area contributed by atoms with Crippen LogP contribution in [0, 0.1) is 5.92 Å². The fraction of sp³-hybridized carbons (Fsp3) is 0.647. The van der Waals surface area contributed by atoms with Crippen molar-refractivity contribution in [2.45, 2.75) is 51.0 Å². The largest absolute Gasteiger partial charge is 0.490 e. The Morgan fingerprint density at radius 2 is 1.85 bits per heavy atom. The third-order valence-corrected chi connectivity index (χ3v) is 4.73. The minimum absolute atomic E-state index is 0.199. The summed E-state index contributed by atoms with van der Waals surface area (Å²) >= 11 is 0. The summed E-state index contributed by atoms with van der Waals surface area (Å²) < 4.78 is 11.5. The van der Waals surface area contributed by atoms with Gasteiger partial charge in [-0.15, -0.1) is 0 Å². The van der Waals surface area contributed by atoms with Gasteiger partial charge in [-0.25, -0.2) is 0 Å². The smallest absolute Gasteiger partial charge is 0.161 e. The first kappa shape index (κ1) is 13.7. The SMILES string of the molecule is CC1CCCC(N)(c2ccc3c(c2)OCCCO3)CC1. The normalized spacial score (nSPS) is 30.4. The average molecular weight is 275 g/mol. The molecule has 0 spiro atoms. The van der Waals surface area contributed by atoms with Crippen molar-refractivity contribution in [3.63, 3.8) is 0 Å². The molecule has 1 saturated carbocycles. The van der Waals surface area contributed by atoms with Crippen LogP contribution in [0.4, 0.5) is 0 Å². The number of hydrogen-bond acceptors (Lipinski definition) is 3. The number of hydrogen-bond donors (Lipinski definition) is 1. The summed E-state index contributed by atoms with van der Waals surface area (Å²) in [6.45, 7) is 3.79. The van der Waals surface area contributed by atoms with Gasteiger partial charge >= 0.3 is 0 Å². The second-order valence-electron chi connectivity index (χ2n) is 6.40. The Morgan fingerprint density at radius 3 is 2.70 bits per heavy atom. The molecular weight excluding hydrogens is 250 g/mol. The van der Waals surface area contributed by atoms with Gasteiger partial charge in [-0.3, -0.25) is 0 Å². The molecular formula is C17H25NO2. The van der Waals surface area contributed by atoms with E-state index in [9.17, 15) is 0 Å². The lowest BCUT2D eigenvalue weighted by molar-refractivity contribution is 0.296. The molecule has 1 aliphatic heterocycles. The molecule has 3 rings (SSSR count). The van der Waals surface area contributed by atoms with Crippen LogP contribution in [0.15, 0.2) is 18.2 Å². The predicted molar refractivity (Wildman–Crippen MR) is 80.2 cm³/mol. The molecule has 0 aromatic heterocycles. The Labute approximate surface area is 121 Å². The van der Waals surface area contributed by atoms with Gasteiger partial charge in [-0.1, -0.05) is 25.8 Å². The Morgan fingerprint density at radius 1 is 1.05 bits per heavy atom. The minimum Gasteiger partial charge on any atom is -0.490 e. The van der Waals surface area contributed by atoms with Crippen LogP contribution in [0.2, 0.25) is 0 Å². The van der Waals surface area contributed by atoms with E-state index < -0.39 is 0 Å². The molecule has 0 amide bonds. The van der Waals surface area contributed by atoms with Gasteiger partial charge in [0, 0.05) is 12.0 Å². The van der Waals surface area contributed by atoms with E-state index in [1.54, 1.807) is 0 Å². The summed E-state index contributed by atoms with van der Waals surface area (Å²) in [4.78, 5) is 0. The highest BCUT2D eigenvalue weighted by Gasteiger charge is 2.31. The van der Waals surface area contributed by atoms with Crippen LogP contribution in [0.5, 0.6) is 11.5 Å². The summed E-state index contributed by atoms with van der Waals surface area (Å²) in [5.41, 5.74) is 7.72. The van der Waals surface area contributed by atoms with E-state index in [1.807, 2.05) is 6.07 Å². The summed E-state index contributed by atoms with van der Waals surface area (Å²) in [6.07, 6.45) is 6.79. The molecule has 1 aromatic carbocycles. The van der Waals surface area contributed by atoms with Gasteiger partial charge in [0.2, 0.25) is 0 Å². The van der Waals surface area contributed by atoms with E-state index in [4.69, 9.17) is 15.2 Å². The highest BCUT2D eigenvalue weighted by molar-refractivity contribution is 5.45. The van der Waals surface area contributed by atoms with Crippen molar-refractivity contribution in [1.29, 1.82) is 0 Å². The fourth-order valence-electron chi connectivity index (χ4n) is 3.30. The van der Waals surface area contributed by atoms with Gasteiger partial charge < -0.3 is 15.2 Å². The van der Waals surface area contributed by atoms with Crippen LogP contribution in [0.25, 0.3) is 0 Å². The number of nitrogens with two attached hydrogens (primary N) is 1. The van der Waals surface area contributed by atoms with Crippen molar-refractivity contribution in [3.8, 4) is 11.5 Å². The predicted octanol–water partition coefficient (Wildman–Crippen LogP) is 3.60. The Bertz CT molecular complexity index is 474. The lowest BCUT2D eigenvalue weighted by Crippen LogP contribution is -2.36. The topological polar surface area (TPSA) is 44.5 Å². The minimum atomic E-state index is -0.199. The second kappa shape index (κ2) is 5.65. The number of benzene rings is 1. The van der Waals surface area contributed by atoms with E-state index in [-0.39, 0.29) is 5.54 Å². The summed E-state index contributed by atoms with van der Waals surface area (Å²) in [5.74, 6) is 2.51. The third-order valence-electron chi connectivity index (χ3n) is 4.73. The van der Waals surface area contributed by atoms with Crippen molar-refractivity contribution in [2.24, 2.45) is 11.7 Å². The quantitative estimate of drug-likeness (QED) is 0.796. The standard InChI is InChI=1S/C17H25NO2/c1-13-4-2-8-17(18,9-7-13)14-5-6-15-16(12-14)20-11-3-10-19-15/h5-6,12-13H,2-4,7-11,18H2,1H3. The van der Waals surface area contributed by atoms with Crippen LogP contribution >= 0.6 is 0 Å². The van der Waals surface area contributed by atoms with Gasteiger partial charge in [0.1, 0.15) is 0 Å². The van der Waals surface area contributed by atoms with Gasteiger partial charge in [-0.05, 0) is 42.9 Å². The molecule has 3 nitrogen and oxygen atoms in total. The van der Waals surface area contributed by atoms with E-state index in [0.29, 0.717) is 0 Å². The van der Waals surface area contributed by atoms with Crippen molar-refractivity contribution in [3.05, 3.63) is 23.8 Å². The molecule has 20 heavy (non-hydrogen) atoms. The van der Waals surface area contributed by atoms with Crippen molar-refractivity contribution < 1.29 is 9.47 Å². The van der Waals surface area contributed by atoms with Crippen LogP contribution < -0.4 is 15.2 Å². The summed E-state index contributed by atoms with van der Waals surface area (Å²) in [7, 11) is 0. The molecule has 0 saturated heterocycles. The van der Waals surface area contributed by atoms with Gasteiger partial charge in [0.15, 0.2) is 11.5 Å². The zero-order chi connectivity index (χ0) is 14.0. The maximum absolute atomic E-state index is 6.72. The molecule has 1 heterocycles. The molecule has 1 aromatic rings. The molecule has 2 unspecified atom stereocenters. The van der Waals surface area contributed by atoms with Crippen LogP contribution in [-0.2, 0) is 5.54 Å². The zero-order valence-electron chi connectivity index (χ0n) is 12.4. The Hall–Kier alpha value is -1.22. The molecule has 1 fully saturated rings. The van der Waals surface area contributed by atoms with E-state index in [0.717, 1.165) is 49.9 Å². The van der Waals surface area contributed by atoms with Crippen LogP contribution in [0.1, 0.15) is 51.0 Å². The fourth-order valence-corrected chi connectivity index (χ4v) is 3.30. The summed E-state index contributed by atoms with van der Waals surface area (Å²) in [5, 5.41) is 0. The second-order valence-corrected chi connectivity index (χ2v) is 6.40. The monoisotopic (exact) mass is 275 g/mol. The summed E-state index contributed by atoms with van der Waals surface area (Å²) in [6, 6.07) is 6.26. The number of fused-ring (bicyclic) bond motifs is 1. The van der Waals surface area contributed by atoms with Gasteiger partial charge in [-0.2, -0.15) is 0 Å². The van der Waals surface area contributed by atoms with Crippen molar-refractivity contribution >= 4 is 0 Å². The molecule has 2 N–H and O–H groups in total. The van der Waals surface area contributed by atoms with Crippen molar-refractivity contribution in [2.75, 3.05) is 13.2 Å². The zero-order valence-corrected chi connectivity index (χ0v) is 12.4. The number of ether oxygens (including phenoxy) is 2. The van der Waals surface area contributed by atoms with E-state index in [1.165, 1.54) is 24.8 Å². The molecule has 0 bridgehead atoms. The average Bonchev–Trinajstić information content (AvgIpc) is 2.78. The Kier molecular flexibility index (Phi) is 3.88. The van der Waals surface area contributed by atoms with Gasteiger partial charge in [0.25, 0.3) is 0 Å². The van der Waals surface area contributed by atoms with Crippen LogP contribution in [0.3, 0.4) is 0 Å². The first-order valence-corrected chi connectivity index (χ1v) is 7.86. The highest BCUT2D eigenvalue weighted by Crippen LogP contribution is 2.39. The number of rotatable bonds is 1. The molecule has 0 radical (unpaired) electrons. The van der Waals surface area contributed by atoms with Crippen LogP contribution in [-0.4, -0.2) is 13.2 Å².